The number of rotatable bonds is 8. The minimum Gasteiger partial charge on any atom is -0.448 e. The van der Waals surface area contributed by atoms with Crippen molar-refractivity contribution < 1.29 is 35.9 Å². The molecule has 128 valence electrons. The molecule has 0 radical (unpaired) electrons. The Balaban J connectivity index is 2.58. The molecular weight excluding hydrogens is 336 g/mol. The van der Waals surface area contributed by atoms with Crippen LogP contribution >= 0.6 is 0 Å². The zero-order chi connectivity index (χ0) is 17.0. The number of ether oxygens (including phenoxy) is 2. The van der Waals surface area contributed by atoms with Crippen molar-refractivity contribution in [1.82, 2.24) is 0 Å². The van der Waals surface area contributed by atoms with E-state index in [2.05, 4.69) is 0 Å². The molecule has 0 unspecified atom stereocenters. The van der Waals surface area contributed by atoms with Crippen molar-refractivity contribution in [3.8, 4) is 0 Å². The van der Waals surface area contributed by atoms with Crippen LogP contribution in [0.4, 0.5) is 0 Å². The van der Waals surface area contributed by atoms with Crippen LogP contribution < -0.4 is 0 Å². The van der Waals surface area contributed by atoms with Gasteiger partial charge in [-0.1, -0.05) is 13.8 Å². The topological polar surface area (TPSA) is 121 Å². The Morgan fingerprint density at radius 2 is 1.09 bits per heavy atom. The van der Waals surface area contributed by atoms with Gasteiger partial charge in [0.2, 0.25) is 0 Å². The van der Waals surface area contributed by atoms with Gasteiger partial charge in [-0.15, -0.1) is 0 Å². The molecule has 0 bridgehead atoms. The first-order chi connectivity index (χ1) is 10.1. The highest BCUT2D eigenvalue weighted by atomic mass is 32.2. The molecule has 0 N–H and O–H groups in total. The molecule has 1 fully saturated rings. The Kier molecular flexibility index (Phi) is 6.36. The Hall–Kier alpha value is -1.16. The van der Waals surface area contributed by atoms with Crippen molar-refractivity contribution in [2.24, 2.45) is 0 Å². The molecule has 1 aliphatic heterocycles. The smallest absolute Gasteiger partial charge is 0.348 e. The highest BCUT2D eigenvalue weighted by molar-refractivity contribution is 7.91. The molecule has 0 amide bonds. The summed E-state index contributed by atoms with van der Waals surface area (Å²) < 4.78 is 55.3. The maximum Gasteiger partial charge on any atom is 0.348 e. The van der Waals surface area contributed by atoms with Crippen molar-refractivity contribution in [2.45, 2.75) is 38.9 Å². The van der Waals surface area contributed by atoms with Crippen molar-refractivity contribution in [3.05, 3.63) is 0 Å². The van der Waals surface area contributed by atoms with E-state index in [4.69, 9.17) is 9.47 Å². The molecular formula is C12H20O8S2. The summed E-state index contributed by atoms with van der Waals surface area (Å²) >= 11 is 0. The van der Waals surface area contributed by atoms with Gasteiger partial charge >= 0.3 is 11.9 Å². The average molecular weight is 356 g/mol. The van der Waals surface area contributed by atoms with E-state index in [0.717, 1.165) is 0 Å². The van der Waals surface area contributed by atoms with Crippen LogP contribution in [0, 0.1) is 0 Å². The molecule has 0 aromatic heterocycles. The van der Waals surface area contributed by atoms with Gasteiger partial charge in [-0.25, -0.2) is 26.4 Å². The molecule has 0 spiro atoms. The largest absolute Gasteiger partial charge is 0.448 e. The van der Waals surface area contributed by atoms with Crippen molar-refractivity contribution in [2.75, 3.05) is 23.0 Å². The van der Waals surface area contributed by atoms with Gasteiger partial charge in [0, 0.05) is 24.3 Å². The molecule has 10 heteroatoms. The third-order valence-electron chi connectivity index (χ3n) is 3.30. The second-order valence-corrected chi connectivity index (χ2v) is 9.85. The van der Waals surface area contributed by atoms with Gasteiger partial charge < -0.3 is 9.47 Å². The Morgan fingerprint density at radius 1 is 0.773 bits per heavy atom. The normalized spacial score (nSPS) is 23.0. The molecule has 1 heterocycles. The Bertz CT molecular complexity index is 564. The number of carbonyl (C=O) groups excluding carboxylic acids is 2. The van der Waals surface area contributed by atoms with E-state index < -0.39 is 43.8 Å². The molecule has 0 aliphatic carbocycles. The predicted molar refractivity (Wildman–Crippen MR) is 77.6 cm³/mol. The molecule has 8 nitrogen and oxygen atoms in total. The van der Waals surface area contributed by atoms with Gasteiger partial charge in [0.1, 0.15) is 19.7 Å². The van der Waals surface area contributed by atoms with Crippen molar-refractivity contribution in [3.63, 3.8) is 0 Å². The summed E-state index contributed by atoms with van der Waals surface area (Å²) in [5.41, 5.74) is 0. The van der Waals surface area contributed by atoms with E-state index in [1.54, 1.807) is 0 Å². The molecule has 1 saturated heterocycles. The van der Waals surface area contributed by atoms with Gasteiger partial charge in [0.15, 0.2) is 12.2 Å². The zero-order valence-corrected chi connectivity index (χ0v) is 14.1. The monoisotopic (exact) mass is 356 g/mol. The summed E-state index contributed by atoms with van der Waals surface area (Å²) in [6.45, 7) is 2.95. The van der Waals surface area contributed by atoms with Crippen LogP contribution in [0.1, 0.15) is 26.7 Å². The van der Waals surface area contributed by atoms with Gasteiger partial charge in [-0.3, -0.25) is 0 Å². The molecule has 1 rings (SSSR count). The first-order valence-corrected chi connectivity index (χ1v) is 10.6. The second-order valence-electron chi connectivity index (χ2n) is 4.90. The lowest BCUT2D eigenvalue weighted by atomic mass is 10.2. The van der Waals surface area contributed by atoms with Crippen LogP contribution in [0.2, 0.25) is 0 Å². The van der Waals surface area contributed by atoms with Gasteiger partial charge in [-0.05, 0) is 0 Å². The van der Waals surface area contributed by atoms with Crippen LogP contribution in [-0.4, -0.2) is 64.0 Å². The predicted octanol–water partition coefficient (Wildman–Crippen LogP) is -0.527. The van der Waals surface area contributed by atoms with Gasteiger partial charge in [0.25, 0.3) is 0 Å². The van der Waals surface area contributed by atoms with Gasteiger partial charge in [-0.2, -0.15) is 0 Å². The molecule has 2 atom stereocenters. The highest BCUT2D eigenvalue weighted by Crippen LogP contribution is 2.17. The SMILES string of the molecule is CCS(=O)(=O)CC[C@@H]1OC(=O)[C@@H](CCS(=O)(=O)CC)OC1=O. The highest BCUT2D eigenvalue weighted by Gasteiger charge is 2.38. The first kappa shape index (κ1) is 18.9. The van der Waals surface area contributed by atoms with Crippen LogP contribution in [-0.2, 0) is 38.7 Å². The van der Waals surface area contributed by atoms with Crippen LogP contribution in [0.5, 0.6) is 0 Å². The first-order valence-electron chi connectivity index (χ1n) is 6.92. The fourth-order valence-electron chi connectivity index (χ4n) is 1.74. The summed E-state index contributed by atoms with van der Waals surface area (Å²) in [6, 6.07) is 0. The van der Waals surface area contributed by atoms with E-state index in [1.165, 1.54) is 13.8 Å². The molecule has 1 aliphatic rings. The lowest BCUT2D eigenvalue weighted by molar-refractivity contribution is -0.195. The van der Waals surface area contributed by atoms with Crippen LogP contribution in [0.25, 0.3) is 0 Å². The van der Waals surface area contributed by atoms with Gasteiger partial charge in [0.05, 0.1) is 11.5 Å². The standard InChI is InChI=1S/C12H20O8S2/c1-3-21(15,16)7-5-9-11(13)20-10(12(14)19-9)6-8-22(17,18)4-2/h9-10H,3-8H2,1-2H3/t9-,10+. The van der Waals surface area contributed by atoms with E-state index in [1.807, 2.05) is 0 Å². The van der Waals surface area contributed by atoms with E-state index in [0.29, 0.717) is 0 Å². The van der Waals surface area contributed by atoms with Crippen LogP contribution in [0.15, 0.2) is 0 Å². The van der Waals surface area contributed by atoms with E-state index >= 15 is 0 Å². The number of sulfone groups is 2. The Labute approximate surface area is 130 Å². The Morgan fingerprint density at radius 3 is 1.36 bits per heavy atom. The summed E-state index contributed by atoms with van der Waals surface area (Å²) in [6.07, 6.45) is -2.85. The average Bonchev–Trinajstić information content (AvgIpc) is 2.46. The number of hydrogen-bond acceptors (Lipinski definition) is 8. The summed E-state index contributed by atoms with van der Waals surface area (Å²) in [7, 11) is -6.57. The minimum absolute atomic E-state index is 0.0692. The molecule has 22 heavy (non-hydrogen) atoms. The maximum absolute atomic E-state index is 11.7. The van der Waals surface area contributed by atoms with Crippen molar-refractivity contribution in [1.29, 1.82) is 0 Å². The third kappa shape index (κ3) is 5.56. The van der Waals surface area contributed by atoms with E-state index in [-0.39, 0.29) is 35.9 Å². The number of hydrogen-bond donors (Lipinski definition) is 0. The number of carbonyl (C=O) groups is 2. The lowest BCUT2D eigenvalue weighted by Crippen LogP contribution is -2.45. The van der Waals surface area contributed by atoms with E-state index in [9.17, 15) is 26.4 Å². The molecule has 0 saturated carbocycles. The summed E-state index contributed by atoms with van der Waals surface area (Å²) in [5.74, 6) is -2.40. The number of cyclic esters (lactones) is 2. The third-order valence-corrected chi connectivity index (χ3v) is 6.78. The maximum atomic E-state index is 11.7. The molecule has 0 aromatic carbocycles. The quantitative estimate of drug-likeness (QED) is 0.532. The second kappa shape index (κ2) is 7.40. The molecule has 0 aromatic rings. The van der Waals surface area contributed by atoms with Crippen LogP contribution in [0.3, 0.4) is 0 Å². The van der Waals surface area contributed by atoms with Crippen molar-refractivity contribution >= 4 is 31.6 Å². The fraction of sp³-hybridized carbons (Fsp3) is 0.833. The minimum atomic E-state index is -3.28. The summed E-state index contributed by atoms with van der Waals surface area (Å²) in [4.78, 5) is 23.4. The fourth-order valence-corrected chi connectivity index (χ4v) is 3.47. The lowest BCUT2D eigenvalue weighted by Gasteiger charge is -2.27. The summed E-state index contributed by atoms with van der Waals surface area (Å²) in [5, 5.41) is 0. The number of esters is 2. The zero-order valence-electron chi connectivity index (χ0n) is 12.5.